The Hall–Kier alpha value is -1.64. The molecule has 1 unspecified atom stereocenters. The van der Waals surface area contributed by atoms with Gasteiger partial charge in [0.1, 0.15) is 6.23 Å². The summed E-state index contributed by atoms with van der Waals surface area (Å²) in [7, 11) is 0. The fourth-order valence-electron chi connectivity index (χ4n) is 2.56. The van der Waals surface area contributed by atoms with Crippen molar-refractivity contribution in [1.29, 1.82) is 0 Å². The fraction of sp³-hybridized carbons (Fsp3) is 0.250. The van der Waals surface area contributed by atoms with Crippen LogP contribution in [0.3, 0.4) is 0 Å². The number of hydrogen-bond donors (Lipinski definition) is 0. The van der Waals surface area contributed by atoms with Crippen LogP contribution in [0.15, 0.2) is 55.1 Å². The molecule has 1 aliphatic rings. The molecule has 2 nitrogen and oxygen atoms in total. The van der Waals surface area contributed by atoms with E-state index in [0.717, 1.165) is 19.7 Å². The molecular weight excluding hydrogens is 222 g/mol. The summed E-state index contributed by atoms with van der Waals surface area (Å²) in [4.78, 5) is 2.31. The Morgan fingerprint density at radius 1 is 1.22 bits per heavy atom. The van der Waals surface area contributed by atoms with E-state index in [1.807, 2.05) is 6.08 Å². The van der Waals surface area contributed by atoms with Crippen molar-refractivity contribution in [2.75, 3.05) is 13.2 Å². The Morgan fingerprint density at radius 2 is 2.06 bits per heavy atom. The minimum Gasteiger partial charge on any atom is -0.358 e. The minimum atomic E-state index is 0.0592. The Balaban J connectivity index is 1.92. The number of fused-ring (bicyclic) bond motifs is 1. The monoisotopic (exact) mass is 239 g/mol. The highest BCUT2D eigenvalue weighted by Gasteiger charge is 2.22. The molecule has 0 aromatic heterocycles. The third-order valence-corrected chi connectivity index (χ3v) is 3.48. The Labute approximate surface area is 107 Å². The lowest BCUT2D eigenvalue weighted by Gasteiger charge is -2.20. The average molecular weight is 239 g/mol. The second-order valence-corrected chi connectivity index (χ2v) is 4.61. The molecule has 0 saturated carbocycles. The molecule has 0 amide bonds. The van der Waals surface area contributed by atoms with Crippen molar-refractivity contribution in [2.45, 2.75) is 12.8 Å². The van der Waals surface area contributed by atoms with Crippen LogP contribution in [-0.2, 0) is 11.3 Å². The molecule has 1 aliphatic heterocycles. The van der Waals surface area contributed by atoms with Crippen molar-refractivity contribution in [1.82, 2.24) is 4.90 Å². The molecule has 1 heterocycles. The summed E-state index contributed by atoms with van der Waals surface area (Å²) < 4.78 is 5.61. The highest BCUT2D eigenvalue weighted by atomic mass is 16.5. The van der Waals surface area contributed by atoms with Gasteiger partial charge in [0, 0.05) is 13.1 Å². The SMILES string of the molecule is C=CC1OCCN1Cc1cccc2ccccc12. The smallest absolute Gasteiger partial charge is 0.129 e. The maximum atomic E-state index is 5.61. The van der Waals surface area contributed by atoms with E-state index in [0.29, 0.717) is 0 Å². The zero-order chi connectivity index (χ0) is 12.4. The normalized spacial score (nSPS) is 20.3. The molecule has 2 heteroatoms. The third kappa shape index (κ3) is 2.05. The quantitative estimate of drug-likeness (QED) is 0.763. The van der Waals surface area contributed by atoms with Crippen molar-refractivity contribution in [2.24, 2.45) is 0 Å². The Bertz CT molecular complexity index is 559. The maximum Gasteiger partial charge on any atom is 0.129 e. The van der Waals surface area contributed by atoms with Gasteiger partial charge in [0.05, 0.1) is 6.61 Å². The Kier molecular flexibility index (Phi) is 3.13. The number of ether oxygens (including phenoxy) is 1. The number of hydrogen-bond acceptors (Lipinski definition) is 2. The molecule has 0 N–H and O–H groups in total. The molecule has 1 saturated heterocycles. The van der Waals surface area contributed by atoms with Gasteiger partial charge in [0.25, 0.3) is 0 Å². The zero-order valence-electron chi connectivity index (χ0n) is 10.4. The molecule has 2 aromatic carbocycles. The van der Waals surface area contributed by atoms with Crippen LogP contribution in [0.5, 0.6) is 0 Å². The van der Waals surface area contributed by atoms with Crippen LogP contribution < -0.4 is 0 Å². The van der Waals surface area contributed by atoms with Gasteiger partial charge in [-0.15, -0.1) is 0 Å². The van der Waals surface area contributed by atoms with E-state index >= 15 is 0 Å². The predicted molar refractivity (Wildman–Crippen MR) is 74.3 cm³/mol. The zero-order valence-corrected chi connectivity index (χ0v) is 10.4. The van der Waals surface area contributed by atoms with Gasteiger partial charge in [-0.25, -0.2) is 0 Å². The summed E-state index contributed by atoms with van der Waals surface area (Å²) in [5.41, 5.74) is 1.35. The Morgan fingerprint density at radius 3 is 2.94 bits per heavy atom. The predicted octanol–water partition coefficient (Wildman–Crippen LogP) is 3.18. The fourth-order valence-corrected chi connectivity index (χ4v) is 2.56. The first-order chi connectivity index (χ1) is 8.88. The lowest BCUT2D eigenvalue weighted by atomic mass is 10.0. The lowest BCUT2D eigenvalue weighted by molar-refractivity contribution is 0.0702. The van der Waals surface area contributed by atoms with E-state index in [-0.39, 0.29) is 6.23 Å². The number of rotatable bonds is 3. The van der Waals surface area contributed by atoms with Crippen LogP contribution in [-0.4, -0.2) is 24.3 Å². The van der Waals surface area contributed by atoms with Gasteiger partial charge >= 0.3 is 0 Å². The highest BCUT2D eigenvalue weighted by molar-refractivity contribution is 5.85. The first-order valence-electron chi connectivity index (χ1n) is 6.33. The first-order valence-corrected chi connectivity index (χ1v) is 6.33. The standard InChI is InChI=1S/C16H17NO/c1-2-16-17(10-11-18-16)12-14-8-5-7-13-6-3-4-9-15(13)14/h2-9,16H,1,10-12H2. The van der Waals surface area contributed by atoms with E-state index in [2.05, 4.69) is 53.9 Å². The minimum absolute atomic E-state index is 0.0592. The van der Waals surface area contributed by atoms with E-state index in [1.54, 1.807) is 0 Å². The lowest BCUT2D eigenvalue weighted by Crippen LogP contribution is -2.27. The second-order valence-electron chi connectivity index (χ2n) is 4.61. The largest absolute Gasteiger partial charge is 0.358 e. The molecule has 1 atom stereocenters. The van der Waals surface area contributed by atoms with Gasteiger partial charge in [0.15, 0.2) is 0 Å². The first kappa shape index (κ1) is 11.5. The molecule has 0 bridgehead atoms. The van der Waals surface area contributed by atoms with E-state index in [4.69, 9.17) is 4.74 Å². The van der Waals surface area contributed by atoms with Crippen molar-refractivity contribution < 1.29 is 4.74 Å². The molecule has 92 valence electrons. The summed E-state index contributed by atoms with van der Waals surface area (Å²) in [6, 6.07) is 15.0. The van der Waals surface area contributed by atoms with Crippen molar-refractivity contribution in [3.63, 3.8) is 0 Å². The molecule has 3 rings (SSSR count). The van der Waals surface area contributed by atoms with Gasteiger partial charge in [-0.1, -0.05) is 49.0 Å². The average Bonchev–Trinajstić information content (AvgIpc) is 2.86. The van der Waals surface area contributed by atoms with Gasteiger partial charge in [-0.2, -0.15) is 0 Å². The summed E-state index contributed by atoms with van der Waals surface area (Å²) in [5.74, 6) is 0. The van der Waals surface area contributed by atoms with Gasteiger partial charge < -0.3 is 4.74 Å². The summed E-state index contributed by atoms with van der Waals surface area (Å²) in [5, 5.41) is 2.62. The van der Waals surface area contributed by atoms with Crippen LogP contribution in [0.25, 0.3) is 10.8 Å². The molecule has 2 aromatic rings. The molecule has 0 spiro atoms. The van der Waals surface area contributed by atoms with Crippen molar-refractivity contribution in [3.05, 3.63) is 60.7 Å². The van der Waals surface area contributed by atoms with Crippen LogP contribution in [0.4, 0.5) is 0 Å². The molecule has 18 heavy (non-hydrogen) atoms. The van der Waals surface area contributed by atoms with Crippen molar-refractivity contribution in [3.8, 4) is 0 Å². The molecule has 1 fully saturated rings. The van der Waals surface area contributed by atoms with Crippen LogP contribution in [0.1, 0.15) is 5.56 Å². The number of benzene rings is 2. The van der Waals surface area contributed by atoms with E-state index in [1.165, 1.54) is 16.3 Å². The summed E-state index contributed by atoms with van der Waals surface area (Å²) in [6.45, 7) is 6.51. The summed E-state index contributed by atoms with van der Waals surface area (Å²) >= 11 is 0. The van der Waals surface area contributed by atoms with Crippen molar-refractivity contribution >= 4 is 10.8 Å². The van der Waals surface area contributed by atoms with Gasteiger partial charge in [-0.05, 0) is 22.4 Å². The third-order valence-electron chi connectivity index (χ3n) is 3.48. The summed E-state index contributed by atoms with van der Waals surface area (Å²) in [6.07, 6.45) is 1.93. The molecule has 0 radical (unpaired) electrons. The van der Waals surface area contributed by atoms with Gasteiger partial charge in [-0.3, -0.25) is 4.90 Å². The van der Waals surface area contributed by atoms with E-state index in [9.17, 15) is 0 Å². The number of nitrogens with zero attached hydrogens (tertiary/aromatic N) is 1. The van der Waals surface area contributed by atoms with Crippen LogP contribution >= 0.6 is 0 Å². The van der Waals surface area contributed by atoms with Crippen LogP contribution in [0, 0.1) is 0 Å². The topological polar surface area (TPSA) is 12.5 Å². The van der Waals surface area contributed by atoms with E-state index < -0.39 is 0 Å². The second kappa shape index (κ2) is 4.92. The van der Waals surface area contributed by atoms with Gasteiger partial charge in [0.2, 0.25) is 0 Å². The molecular formula is C16H17NO. The van der Waals surface area contributed by atoms with Crippen LogP contribution in [0.2, 0.25) is 0 Å². The molecule has 0 aliphatic carbocycles. The highest BCUT2D eigenvalue weighted by Crippen LogP contribution is 2.22. The maximum absolute atomic E-state index is 5.61.